The van der Waals surface area contributed by atoms with Crippen LogP contribution in [-0.4, -0.2) is 56.3 Å². The maximum Gasteiger partial charge on any atom is 0.261 e. The van der Waals surface area contributed by atoms with Gasteiger partial charge in [-0.15, -0.1) is 0 Å². The number of carbonyl (C=O) groups excluding carboxylic acids is 3. The van der Waals surface area contributed by atoms with Gasteiger partial charge in [0.25, 0.3) is 17.7 Å². The SMILES string of the molecule is C[C@@H](c1ccc(S(C)(=O)=O)cc1)N(C)C(=O)c1ccc2c(c1)C(=O)N(C)C2=O. The minimum atomic E-state index is -3.29. The van der Waals surface area contributed by atoms with E-state index >= 15 is 0 Å². The summed E-state index contributed by atoms with van der Waals surface area (Å²) in [5.74, 6) is -1.12. The van der Waals surface area contributed by atoms with Crippen molar-refractivity contribution in [3.63, 3.8) is 0 Å². The summed E-state index contributed by atoms with van der Waals surface area (Å²) in [6.07, 6.45) is 1.14. The lowest BCUT2D eigenvalue weighted by Gasteiger charge is -2.25. The van der Waals surface area contributed by atoms with E-state index in [0.717, 1.165) is 16.7 Å². The fourth-order valence-corrected chi connectivity index (χ4v) is 3.72. The van der Waals surface area contributed by atoms with Crippen molar-refractivity contribution in [3.05, 3.63) is 64.7 Å². The smallest absolute Gasteiger partial charge is 0.261 e. The molecule has 1 aliphatic rings. The molecule has 0 saturated carbocycles. The summed E-state index contributed by atoms with van der Waals surface area (Å²) in [5, 5.41) is 0. The largest absolute Gasteiger partial charge is 0.335 e. The summed E-state index contributed by atoms with van der Waals surface area (Å²) in [5.41, 5.74) is 1.58. The predicted molar refractivity (Wildman–Crippen MR) is 103 cm³/mol. The average Bonchev–Trinajstić information content (AvgIpc) is 2.89. The van der Waals surface area contributed by atoms with E-state index in [2.05, 4.69) is 0 Å². The molecule has 0 spiro atoms. The maximum absolute atomic E-state index is 12.9. The van der Waals surface area contributed by atoms with Gasteiger partial charge >= 0.3 is 0 Å². The first kappa shape index (κ1) is 19.8. The van der Waals surface area contributed by atoms with Crippen LogP contribution in [-0.2, 0) is 9.84 Å². The van der Waals surface area contributed by atoms with Crippen LogP contribution >= 0.6 is 0 Å². The minimum Gasteiger partial charge on any atom is -0.335 e. The van der Waals surface area contributed by atoms with Gasteiger partial charge in [0.15, 0.2) is 9.84 Å². The molecule has 0 aliphatic carbocycles. The first-order valence-corrected chi connectivity index (χ1v) is 10.4. The Bertz CT molecular complexity index is 1090. The molecule has 3 amide bonds. The highest BCUT2D eigenvalue weighted by Crippen LogP contribution is 2.26. The van der Waals surface area contributed by atoms with Crippen LogP contribution in [0.5, 0.6) is 0 Å². The zero-order valence-electron chi connectivity index (χ0n) is 16.0. The number of benzene rings is 2. The number of fused-ring (bicyclic) bond motifs is 1. The molecule has 2 aromatic rings. The van der Waals surface area contributed by atoms with E-state index in [0.29, 0.717) is 5.56 Å². The van der Waals surface area contributed by atoms with Gasteiger partial charge in [-0.1, -0.05) is 12.1 Å². The second kappa shape index (κ2) is 6.87. The Kier molecular flexibility index (Phi) is 4.84. The van der Waals surface area contributed by atoms with E-state index in [9.17, 15) is 22.8 Å². The molecule has 146 valence electrons. The monoisotopic (exact) mass is 400 g/mol. The summed E-state index contributed by atoms with van der Waals surface area (Å²) in [6.45, 7) is 1.82. The molecule has 0 fully saturated rings. The van der Waals surface area contributed by atoms with Gasteiger partial charge in [-0.3, -0.25) is 19.3 Å². The van der Waals surface area contributed by atoms with E-state index in [1.165, 1.54) is 42.3 Å². The molecule has 8 heteroatoms. The van der Waals surface area contributed by atoms with Crippen LogP contribution in [0.15, 0.2) is 47.4 Å². The van der Waals surface area contributed by atoms with Crippen molar-refractivity contribution in [2.24, 2.45) is 0 Å². The second-order valence-corrected chi connectivity index (χ2v) is 8.88. The van der Waals surface area contributed by atoms with Crippen LogP contribution in [0, 0.1) is 0 Å². The summed E-state index contributed by atoms with van der Waals surface area (Å²) >= 11 is 0. The third-order valence-electron chi connectivity index (χ3n) is 5.03. The molecular weight excluding hydrogens is 380 g/mol. The lowest BCUT2D eigenvalue weighted by Crippen LogP contribution is -2.29. The van der Waals surface area contributed by atoms with Gasteiger partial charge in [-0.2, -0.15) is 0 Å². The van der Waals surface area contributed by atoms with Crippen molar-refractivity contribution in [1.29, 1.82) is 0 Å². The Morgan fingerprint density at radius 2 is 1.57 bits per heavy atom. The highest BCUT2D eigenvalue weighted by Gasteiger charge is 2.33. The quantitative estimate of drug-likeness (QED) is 0.734. The van der Waals surface area contributed by atoms with E-state index in [1.54, 1.807) is 19.2 Å². The molecule has 0 N–H and O–H groups in total. The zero-order chi connectivity index (χ0) is 20.8. The first-order valence-electron chi connectivity index (χ1n) is 8.56. The number of hydrogen-bond donors (Lipinski definition) is 0. The predicted octanol–water partition coefficient (Wildman–Crippen LogP) is 2.15. The molecular formula is C20H20N2O5S. The number of rotatable bonds is 4. The molecule has 1 heterocycles. The van der Waals surface area contributed by atoms with Crippen LogP contribution in [0.25, 0.3) is 0 Å². The van der Waals surface area contributed by atoms with Crippen molar-refractivity contribution in [2.45, 2.75) is 17.9 Å². The van der Waals surface area contributed by atoms with Gasteiger partial charge < -0.3 is 4.90 Å². The Morgan fingerprint density at radius 1 is 1.00 bits per heavy atom. The molecule has 2 aromatic carbocycles. The Balaban J connectivity index is 1.85. The third-order valence-corrected chi connectivity index (χ3v) is 6.16. The van der Waals surface area contributed by atoms with Crippen molar-refractivity contribution in [1.82, 2.24) is 9.80 Å². The van der Waals surface area contributed by atoms with E-state index in [1.807, 2.05) is 6.92 Å². The standard InChI is InChI=1S/C20H20N2O5S/c1-12(13-5-8-15(9-6-13)28(4,26)27)21(2)18(23)14-7-10-16-17(11-14)20(25)22(3)19(16)24/h5-12H,1-4H3/t12-/m0/s1. The highest BCUT2D eigenvalue weighted by molar-refractivity contribution is 7.90. The Morgan fingerprint density at radius 3 is 2.14 bits per heavy atom. The lowest BCUT2D eigenvalue weighted by molar-refractivity contribution is 0.0692. The van der Waals surface area contributed by atoms with Gasteiger partial charge in [0, 0.05) is 25.9 Å². The second-order valence-electron chi connectivity index (χ2n) is 6.86. The van der Waals surface area contributed by atoms with Gasteiger partial charge in [0.2, 0.25) is 0 Å². The normalized spacial score (nSPS) is 14.8. The van der Waals surface area contributed by atoms with Crippen LogP contribution in [0.4, 0.5) is 0 Å². The Hall–Kier alpha value is -3.00. The molecule has 3 rings (SSSR count). The minimum absolute atomic E-state index is 0.211. The van der Waals surface area contributed by atoms with E-state index < -0.39 is 15.7 Å². The van der Waals surface area contributed by atoms with Crippen LogP contribution in [0.2, 0.25) is 0 Å². The number of sulfone groups is 1. The van der Waals surface area contributed by atoms with Gasteiger partial charge in [0.1, 0.15) is 0 Å². The molecule has 7 nitrogen and oxygen atoms in total. The number of nitrogens with zero attached hydrogens (tertiary/aromatic N) is 2. The lowest BCUT2D eigenvalue weighted by atomic mass is 10.0. The van der Waals surface area contributed by atoms with Crippen LogP contribution < -0.4 is 0 Å². The Labute approximate surface area is 163 Å². The molecule has 0 unspecified atom stereocenters. The number of hydrogen-bond acceptors (Lipinski definition) is 5. The number of amides is 3. The van der Waals surface area contributed by atoms with Crippen molar-refractivity contribution in [2.75, 3.05) is 20.4 Å². The zero-order valence-corrected chi connectivity index (χ0v) is 16.8. The molecule has 0 radical (unpaired) electrons. The van der Waals surface area contributed by atoms with Crippen molar-refractivity contribution in [3.8, 4) is 0 Å². The summed E-state index contributed by atoms with van der Waals surface area (Å²) in [6, 6.07) is 10.5. The summed E-state index contributed by atoms with van der Waals surface area (Å²) in [7, 11) is -0.257. The average molecular weight is 400 g/mol. The molecule has 28 heavy (non-hydrogen) atoms. The van der Waals surface area contributed by atoms with Crippen molar-refractivity contribution < 1.29 is 22.8 Å². The van der Waals surface area contributed by atoms with E-state index in [-0.39, 0.29) is 33.9 Å². The maximum atomic E-state index is 12.9. The first-order chi connectivity index (χ1) is 13.0. The van der Waals surface area contributed by atoms with E-state index in [4.69, 9.17) is 0 Å². The van der Waals surface area contributed by atoms with Crippen molar-refractivity contribution >= 4 is 27.6 Å². The summed E-state index contributed by atoms with van der Waals surface area (Å²) in [4.78, 5) is 39.7. The molecule has 0 saturated heterocycles. The fraction of sp³-hybridized carbons (Fsp3) is 0.250. The highest BCUT2D eigenvalue weighted by atomic mass is 32.2. The van der Waals surface area contributed by atoms with Crippen LogP contribution in [0.1, 0.15) is 49.6 Å². The summed E-state index contributed by atoms with van der Waals surface area (Å²) < 4.78 is 23.2. The molecule has 1 aliphatic heterocycles. The number of carbonyl (C=O) groups is 3. The third kappa shape index (κ3) is 3.31. The van der Waals surface area contributed by atoms with Crippen LogP contribution in [0.3, 0.4) is 0 Å². The molecule has 1 atom stereocenters. The molecule has 0 aromatic heterocycles. The fourth-order valence-electron chi connectivity index (χ4n) is 3.09. The topological polar surface area (TPSA) is 91.8 Å². The van der Waals surface area contributed by atoms with Gasteiger partial charge in [-0.25, -0.2) is 8.42 Å². The van der Waals surface area contributed by atoms with Gasteiger partial charge in [0.05, 0.1) is 22.1 Å². The molecule has 0 bridgehead atoms. The number of imide groups is 1. The van der Waals surface area contributed by atoms with Gasteiger partial charge in [-0.05, 0) is 42.8 Å².